The molecule has 0 amide bonds. The number of hydrogen-bond acceptors (Lipinski definition) is 1. The topological polar surface area (TPSA) is 12.5 Å². The van der Waals surface area contributed by atoms with Gasteiger partial charge in [-0.15, -0.1) is 0 Å². The Labute approximate surface area is 65.3 Å². The van der Waals surface area contributed by atoms with Crippen molar-refractivity contribution in [2.75, 3.05) is 6.61 Å². The van der Waals surface area contributed by atoms with Crippen LogP contribution in [-0.4, -0.2) is 22.2 Å². The molecule has 58 valence electrons. The Hall–Kier alpha value is -0.0831. The Morgan fingerprint density at radius 1 is 1.80 bits per heavy atom. The van der Waals surface area contributed by atoms with Gasteiger partial charge >= 0.3 is 0 Å². The van der Waals surface area contributed by atoms with Crippen molar-refractivity contribution in [1.29, 1.82) is 0 Å². The van der Waals surface area contributed by atoms with E-state index in [0.29, 0.717) is 6.10 Å². The van der Waals surface area contributed by atoms with E-state index in [2.05, 4.69) is 19.9 Å². The van der Waals surface area contributed by atoms with Gasteiger partial charge in [0.05, 0.1) is 12.7 Å². The van der Waals surface area contributed by atoms with Gasteiger partial charge in [-0.05, 0) is 20.3 Å². The Bertz CT molecular complexity index is 127. The van der Waals surface area contributed by atoms with Gasteiger partial charge in [0.25, 0.3) is 0 Å². The van der Waals surface area contributed by atoms with Crippen LogP contribution in [0, 0.1) is 0 Å². The summed E-state index contributed by atoms with van der Waals surface area (Å²) < 4.78 is 5.13. The third kappa shape index (κ3) is 3.18. The van der Waals surface area contributed by atoms with Gasteiger partial charge in [0.2, 0.25) is 0 Å². The zero-order valence-corrected chi connectivity index (χ0v) is 8.31. The van der Waals surface area contributed by atoms with Crippen LogP contribution in [0.25, 0.3) is 0 Å². The first-order valence-electron chi connectivity index (χ1n) is 4.06. The lowest BCUT2D eigenvalue weighted by Gasteiger charge is -1.95. The normalized spacial score (nSPS) is 26.2. The van der Waals surface area contributed by atoms with Crippen LogP contribution in [0.5, 0.6) is 0 Å². The summed E-state index contributed by atoms with van der Waals surface area (Å²) in [5.41, 5.74) is 0. The molecule has 0 bridgehead atoms. The van der Waals surface area contributed by atoms with E-state index < -0.39 is 0 Å². The van der Waals surface area contributed by atoms with E-state index in [1.165, 1.54) is 12.5 Å². The maximum absolute atomic E-state index is 5.13. The molecule has 0 aliphatic carbocycles. The Morgan fingerprint density at radius 3 is 3.00 bits per heavy atom. The van der Waals surface area contributed by atoms with Crippen LogP contribution in [0.3, 0.4) is 0 Å². The second kappa shape index (κ2) is 3.94. The lowest BCUT2D eigenvalue weighted by atomic mass is 10.4. The first-order valence-corrected chi connectivity index (χ1v) is 5.77. The van der Waals surface area contributed by atoms with Crippen LogP contribution < -0.4 is 0 Å². The van der Waals surface area contributed by atoms with Crippen molar-refractivity contribution < 1.29 is 4.74 Å². The number of epoxide rings is 1. The van der Waals surface area contributed by atoms with Gasteiger partial charge in [-0.2, -0.15) is 0 Å². The molecular formula is C8H16OSi. The molecule has 0 aromatic heterocycles. The molecule has 1 aliphatic heterocycles. The zero-order chi connectivity index (χ0) is 7.40. The third-order valence-electron chi connectivity index (χ3n) is 1.99. The summed E-state index contributed by atoms with van der Waals surface area (Å²) in [4.78, 5) is 0. The standard InChI is InChI=1S/C8H16OSi/c1-3-7(2)10-5-4-8-6-9-8/h3,8H,4-6,10H2,1-2H3. The molecule has 1 rings (SSSR count). The highest BCUT2D eigenvalue weighted by molar-refractivity contribution is 6.44. The highest BCUT2D eigenvalue weighted by Crippen LogP contribution is 2.15. The molecule has 10 heavy (non-hydrogen) atoms. The first kappa shape index (κ1) is 8.02. The smallest absolute Gasteiger partial charge is 0.0807 e. The van der Waals surface area contributed by atoms with E-state index in [-0.39, 0.29) is 9.52 Å². The van der Waals surface area contributed by atoms with E-state index >= 15 is 0 Å². The highest BCUT2D eigenvalue weighted by Gasteiger charge is 2.20. The lowest BCUT2D eigenvalue weighted by Crippen LogP contribution is -1.94. The van der Waals surface area contributed by atoms with Crippen molar-refractivity contribution >= 4 is 9.52 Å². The molecule has 0 saturated carbocycles. The lowest BCUT2D eigenvalue weighted by molar-refractivity contribution is 0.403. The van der Waals surface area contributed by atoms with Crippen molar-refractivity contribution in [2.24, 2.45) is 0 Å². The number of hydrogen-bond donors (Lipinski definition) is 0. The molecular weight excluding hydrogens is 140 g/mol. The van der Waals surface area contributed by atoms with E-state index in [0.717, 1.165) is 6.61 Å². The molecule has 0 spiro atoms. The van der Waals surface area contributed by atoms with E-state index in [4.69, 9.17) is 4.74 Å². The van der Waals surface area contributed by atoms with Crippen molar-refractivity contribution in [3.63, 3.8) is 0 Å². The molecule has 0 aromatic rings. The molecule has 1 saturated heterocycles. The fourth-order valence-electron chi connectivity index (χ4n) is 0.988. The van der Waals surface area contributed by atoms with Crippen LogP contribution in [0.4, 0.5) is 0 Å². The summed E-state index contributed by atoms with van der Waals surface area (Å²) in [7, 11) is 0.114. The first-order chi connectivity index (χ1) is 4.83. The summed E-state index contributed by atoms with van der Waals surface area (Å²) >= 11 is 0. The summed E-state index contributed by atoms with van der Waals surface area (Å²) in [5, 5.41) is 1.64. The van der Waals surface area contributed by atoms with Crippen LogP contribution >= 0.6 is 0 Å². The fraction of sp³-hybridized carbons (Fsp3) is 0.750. The van der Waals surface area contributed by atoms with Crippen molar-refractivity contribution in [1.82, 2.24) is 0 Å². The largest absolute Gasteiger partial charge is 0.373 e. The number of rotatable bonds is 4. The number of allylic oxidation sites excluding steroid dienone is 2. The summed E-state index contributed by atoms with van der Waals surface area (Å²) in [6.07, 6.45) is 4.22. The van der Waals surface area contributed by atoms with Gasteiger partial charge in [0.15, 0.2) is 0 Å². The molecule has 0 aromatic carbocycles. The zero-order valence-electron chi connectivity index (χ0n) is 6.89. The Kier molecular flexibility index (Phi) is 3.16. The van der Waals surface area contributed by atoms with Crippen LogP contribution in [0.15, 0.2) is 11.3 Å². The van der Waals surface area contributed by atoms with Crippen LogP contribution in [-0.2, 0) is 4.74 Å². The molecule has 0 N–H and O–H groups in total. The monoisotopic (exact) mass is 156 g/mol. The Morgan fingerprint density at radius 2 is 2.50 bits per heavy atom. The molecule has 0 radical (unpaired) electrons. The fourth-order valence-corrected chi connectivity index (χ4v) is 2.49. The van der Waals surface area contributed by atoms with Crippen molar-refractivity contribution in [3.8, 4) is 0 Å². The quantitative estimate of drug-likeness (QED) is 0.441. The van der Waals surface area contributed by atoms with Crippen molar-refractivity contribution in [3.05, 3.63) is 11.3 Å². The van der Waals surface area contributed by atoms with Gasteiger partial charge in [-0.1, -0.05) is 17.3 Å². The average Bonchev–Trinajstić information content (AvgIpc) is 2.71. The van der Waals surface area contributed by atoms with Gasteiger partial charge < -0.3 is 4.74 Å². The highest BCUT2D eigenvalue weighted by atomic mass is 28.2. The summed E-state index contributed by atoms with van der Waals surface area (Å²) in [6.45, 7) is 5.42. The third-order valence-corrected chi connectivity index (χ3v) is 3.95. The second-order valence-electron chi connectivity index (χ2n) is 2.98. The Balaban J connectivity index is 1.93. The predicted octanol–water partition coefficient (Wildman–Crippen LogP) is 1.29. The minimum Gasteiger partial charge on any atom is -0.373 e. The van der Waals surface area contributed by atoms with Gasteiger partial charge in [-0.25, -0.2) is 0 Å². The van der Waals surface area contributed by atoms with Gasteiger partial charge in [-0.3, -0.25) is 0 Å². The molecule has 1 atom stereocenters. The maximum Gasteiger partial charge on any atom is 0.0807 e. The molecule has 1 fully saturated rings. The maximum atomic E-state index is 5.13. The van der Waals surface area contributed by atoms with E-state index in [9.17, 15) is 0 Å². The minimum atomic E-state index is 0.114. The second-order valence-corrected chi connectivity index (χ2v) is 5.31. The average molecular weight is 156 g/mol. The van der Waals surface area contributed by atoms with E-state index in [1.807, 2.05) is 0 Å². The predicted molar refractivity (Wildman–Crippen MR) is 47.1 cm³/mol. The number of ether oxygens (including phenoxy) is 1. The minimum absolute atomic E-state index is 0.114. The molecule has 1 nitrogen and oxygen atoms in total. The summed E-state index contributed by atoms with van der Waals surface area (Å²) in [6, 6.07) is 1.43. The van der Waals surface area contributed by atoms with E-state index in [1.54, 1.807) is 5.20 Å². The van der Waals surface area contributed by atoms with Crippen LogP contribution in [0.2, 0.25) is 6.04 Å². The van der Waals surface area contributed by atoms with Crippen LogP contribution in [0.1, 0.15) is 20.3 Å². The van der Waals surface area contributed by atoms with Gasteiger partial charge in [0.1, 0.15) is 0 Å². The SMILES string of the molecule is CC=C(C)[SiH2]CCC1CO1. The molecule has 2 heteroatoms. The van der Waals surface area contributed by atoms with Gasteiger partial charge in [0, 0.05) is 9.52 Å². The molecule has 1 heterocycles. The molecule has 1 aliphatic rings. The summed E-state index contributed by atoms with van der Waals surface area (Å²) in [5.74, 6) is 0. The molecule has 1 unspecified atom stereocenters. The van der Waals surface area contributed by atoms with Crippen molar-refractivity contribution in [2.45, 2.75) is 32.4 Å².